The van der Waals surface area contributed by atoms with Crippen molar-refractivity contribution in [1.82, 2.24) is 15.3 Å². The minimum Gasteiger partial charge on any atom is -0.348 e. The van der Waals surface area contributed by atoms with Crippen molar-refractivity contribution < 1.29 is 4.79 Å². The summed E-state index contributed by atoms with van der Waals surface area (Å²) >= 11 is 5.90. The lowest BCUT2D eigenvalue weighted by molar-refractivity contribution is 0.0951. The van der Waals surface area contributed by atoms with Crippen molar-refractivity contribution in [2.24, 2.45) is 0 Å². The van der Waals surface area contributed by atoms with Gasteiger partial charge < -0.3 is 10.2 Å². The highest BCUT2D eigenvalue weighted by atomic mass is 35.5. The molecule has 29 heavy (non-hydrogen) atoms. The molecule has 2 aromatic carbocycles. The molecule has 0 spiro atoms. The lowest BCUT2D eigenvalue weighted by atomic mass is 10.1. The molecule has 1 fully saturated rings. The Hall–Kier alpha value is -2.92. The van der Waals surface area contributed by atoms with E-state index in [0.717, 1.165) is 35.7 Å². The number of piperidine rings is 1. The van der Waals surface area contributed by atoms with Crippen LogP contribution in [0.2, 0.25) is 5.02 Å². The second kappa shape index (κ2) is 9.05. The van der Waals surface area contributed by atoms with Gasteiger partial charge in [-0.3, -0.25) is 4.79 Å². The average molecular weight is 407 g/mol. The number of amides is 1. The van der Waals surface area contributed by atoms with Crippen molar-refractivity contribution in [3.63, 3.8) is 0 Å². The normalized spacial score (nSPS) is 13.9. The number of nitrogens with one attached hydrogen (secondary N) is 1. The Labute approximate surface area is 175 Å². The fourth-order valence-electron chi connectivity index (χ4n) is 3.45. The van der Waals surface area contributed by atoms with E-state index < -0.39 is 0 Å². The molecule has 0 atom stereocenters. The van der Waals surface area contributed by atoms with Crippen LogP contribution in [0.4, 0.5) is 5.95 Å². The van der Waals surface area contributed by atoms with Gasteiger partial charge >= 0.3 is 0 Å². The van der Waals surface area contributed by atoms with Gasteiger partial charge in [0.15, 0.2) is 0 Å². The minimum absolute atomic E-state index is 0.118. The summed E-state index contributed by atoms with van der Waals surface area (Å²) < 4.78 is 0. The predicted octanol–water partition coefficient (Wildman–Crippen LogP) is 4.72. The number of nitrogens with zero attached hydrogens (tertiary/aromatic N) is 3. The van der Waals surface area contributed by atoms with Crippen LogP contribution >= 0.6 is 11.6 Å². The van der Waals surface area contributed by atoms with Crippen LogP contribution in [0, 0.1) is 0 Å². The number of hydrogen-bond acceptors (Lipinski definition) is 4. The van der Waals surface area contributed by atoms with Crippen LogP contribution in [0.1, 0.15) is 35.2 Å². The van der Waals surface area contributed by atoms with Gasteiger partial charge in [0.1, 0.15) is 0 Å². The van der Waals surface area contributed by atoms with Gasteiger partial charge in [0, 0.05) is 48.2 Å². The Balaban J connectivity index is 1.43. The summed E-state index contributed by atoms with van der Waals surface area (Å²) in [5.74, 6) is 0.665. The van der Waals surface area contributed by atoms with Crippen molar-refractivity contribution >= 4 is 23.5 Å². The molecule has 148 valence electrons. The number of carbonyl (C=O) groups is 1. The SMILES string of the molecule is O=C(NCc1ccc(Cl)cc1)c1cccc(-c2cnc(N3CCCCC3)nc2)c1. The van der Waals surface area contributed by atoms with E-state index in [1.54, 1.807) is 0 Å². The van der Waals surface area contributed by atoms with Crippen LogP contribution in [0.3, 0.4) is 0 Å². The molecule has 2 heterocycles. The van der Waals surface area contributed by atoms with E-state index in [-0.39, 0.29) is 5.91 Å². The maximum Gasteiger partial charge on any atom is 0.251 e. The molecule has 0 bridgehead atoms. The first-order chi connectivity index (χ1) is 14.2. The summed E-state index contributed by atoms with van der Waals surface area (Å²) in [6, 6.07) is 15.0. The maximum atomic E-state index is 12.6. The molecule has 3 aromatic rings. The van der Waals surface area contributed by atoms with E-state index in [9.17, 15) is 4.79 Å². The van der Waals surface area contributed by atoms with Crippen LogP contribution in [0.25, 0.3) is 11.1 Å². The minimum atomic E-state index is -0.118. The standard InChI is InChI=1S/C23H23ClN4O/c24-21-9-7-17(8-10-21)14-25-22(29)19-6-4-5-18(13-19)20-15-26-23(27-16-20)28-11-2-1-3-12-28/h4-10,13,15-16H,1-3,11-12,14H2,(H,25,29). The number of hydrogen-bond donors (Lipinski definition) is 1. The predicted molar refractivity (Wildman–Crippen MR) is 116 cm³/mol. The molecular formula is C23H23ClN4O. The first-order valence-corrected chi connectivity index (χ1v) is 10.3. The zero-order chi connectivity index (χ0) is 20.1. The van der Waals surface area contributed by atoms with E-state index in [1.165, 1.54) is 19.3 Å². The second-order valence-corrected chi connectivity index (χ2v) is 7.65. The van der Waals surface area contributed by atoms with Gasteiger partial charge in [-0.05, 0) is 54.7 Å². The Bertz CT molecular complexity index is 967. The Morgan fingerprint density at radius 2 is 1.69 bits per heavy atom. The van der Waals surface area contributed by atoms with Gasteiger partial charge in [0.05, 0.1) is 0 Å². The van der Waals surface area contributed by atoms with Gasteiger partial charge in [-0.15, -0.1) is 0 Å². The summed E-state index contributed by atoms with van der Waals surface area (Å²) in [6.07, 6.45) is 7.33. The molecule has 1 amide bonds. The van der Waals surface area contributed by atoms with Gasteiger partial charge in [0.2, 0.25) is 5.95 Å². The highest BCUT2D eigenvalue weighted by Crippen LogP contribution is 2.22. The second-order valence-electron chi connectivity index (χ2n) is 7.21. The van der Waals surface area contributed by atoms with Gasteiger partial charge in [-0.25, -0.2) is 9.97 Å². The third-order valence-electron chi connectivity index (χ3n) is 5.10. The molecule has 0 saturated carbocycles. The molecule has 1 aromatic heterocycles. The average Bonchev–Trinajstić information content (AvgIpc) is 2.79. The number of benzene rings is 2. The zero-order valence-electron chi connectivity index (χ0n) is 16.1. The topological polar surface area (TPSA) is 58.1 Å². The summed E-state index contributed by atoms with van der Waals surface area (Å²) in [4.78, 5) is 23.9. The summed E-state index contributed by atoms with van der Waals surface area (Å²) in [5.41, 5.74) is 3.43. The fourth-order valence-corrected chi connectivity index (χ4v) is 3.58. The van der Waals surface area contributed by atoms with Crippen LogP contribution in [0.5, 0.6) is 0 Å². The molecule has 0 unspecified atom stereocenters. The molecule has 1 aliphatic rings. The highest BCUT2D eigenvalue weighted by molar-refractivity contribution is 6.30. The molecule has 0 aliphatic carbocycles. The highest BCUT2D eigenvalue weighted by Gasteiger charge is 2.13. The van der Waals surface area contributed by atoms with Crippen LogP contribution in [0.15, 0.2) is 60.9 Å². The molecule has 4 rings (SSSR count). The lowest BCUT2D eigenvalue weighted by Gasteiger charge is -2.26. The van der Waals surface area contributed by atoms with Crippen molar-refractivity contribution in [1.29, 1.82) is 0 Å². The molecule has 5 nitrogen and oxygen atoms in total. The molecule has 1 aliphatic heterocycles. The lowest BCUT2D eigenvalue weighted by Crippen LogP contribution is -2.30. The number of rotatable bonds is 5. The van der Waals surface area contributed by atoms with Crippen LogP contribution in [-0.2, 0) is 6.54 Å². The quantitative estimate of drug-likeness (QED) is 0.666. The first kappa shape index (κ1) is 19.4. The monoisotopic (exact) mass is 406 g/mol. The van der Waals surface area contributed by atoms with E-state index in [0.29, 0.717) is 17.1 Å². The number of halogens is 1. The van der Waals surface area contributed by atoms with Gasteiger partial charge in [-0.1, -0.05) is 35.9 Å². The zero-order valence-corrected chi connectivity index (χ0v) is 16.9. The largest absolute Gasteiger partial charge is 0.348 e. The van der Waals surface area contributed by atoms with Crippen molar-refractivity contribution in [2.75, 3.05) is 18.0 Å². The van der Waals surface area contributed by atoms with E-state index in [1.807, 2.05) is 60.9 Å². The van der Waals surface area contributed by atoms with Crippen molar-refractivity contribution in [2.45, 2.75) is 25.8 Å². The van der Waals surface area contributed by atoms with E-state index in [2.05, 4.69) is 20.2 Å². The summed E-state index contributed by atoms with van der Waals surface area (Å²) in [5, 5.41) is 3.63. The third-order valence-corrected chi connectivity index (χ3v) is 5.35. The Morgan fingerprint density at radius 3 is 2.41 bits per heavy atom. The maximum absolute atomic E-state index is 12.6. The van der Waals surface area contributed by atoms with E-state index >= 15 is 0 Å². The van der Waals surface area contributed by atoms with Gasteiger partial charge in [-0.2, -0.15) is 0 Å². The number of anilines is 1. The van der Waals surface area contributed by atoms with Crippen molar-refractivity contribution in [3.05, 3.63) is 77.1 Å². The first-order valence-electron chi connectivity index (χ1n) is 9.89. The smallest absolute Gasteiger partial charge is 0.251 e. The number of carbonyl (C=O) groups excluding carboxylic acids is 1. The summed E-state index contributed by atoms with van der Waals surface area (Å²) in [6.45, 7) is 2.49. The molecule has 1 N–H and O–H groups in total. The molecule has 6 heteroatoms. The van der Waals surface area contributed by atoms with E-state index in [4.69, 9.17) is 11.6 Å². The Kier molecular flexibility index (Phi) is 6.06. The van der Waals surface area contributed by atoms with Crippen LogP contribution < -0.4 is 10.2 Å². The molecule has 1 saturated heterocycles. The molecular weight excluding hydrogens is 384 g/mol. The molecule has 0 radical (unpaired) electrons. The Morgan fingerprint density at radius 1 is 0.966 bits per heavy atom. The summed E-state index contributed by atoms with van der Waals surface area (Å²) in [7, 11) is 0. The van der Waals surface area contributed by atoms with Crippen molar-refractivity contribution in [3.8, 4) is 11.1 Å². The third kappa shape index (κ3) is 4.93. The number of aromatic nitrogens is 2. The van der Waals surface area contributed by atoms with Crippen LogP contribution in [-0.4, -0.2) is 29.0 Å². The van der Waals surface area contributed by atoms with Gasteiger partial charge in [0.25, 0.3) is 5.91 Å². The fraction of sp³-hybridized carbons (Fsp3) is 0.261.